The molecule has 4 N–H and O–H groups in total. The van der Waals surface area contributed by atoms with Crippen LogP contribution in [0.5, 0.6) is 0 Å². The van der Waals surface area contributed by atoms with Gasteiger partial charge in [-0.1, -0.05) is 36.4 Å². The lowest BCUT2D eigenvalue weighted by molar-refractivity contribution is 0.0935. The van der Waals surface area contributed by atoms with E-state index in [9.17, 15) is 9.59 Å². The van der Waals surface area contributed by atoms with Crippen molar-refractivity contribution in [3.63, 3.8) is 0 Å². The van der Waals surface area contributed by atoms with E-state index in [1.165, 1.54) is 0 Å². The Hall–Kier alpha value is -3.68. The fraction of sp³-hybridized carbons (Fsp3) is 0.333. The first-order valence-corrected chi connectivity index (χ1v) is 12.9. The van der Waals surface area contributed by atoms with E-state index in [4.69, 9.17) is 5.73 Å². The minimum atomic E-state index is -0.185. The van der Waals surface area contributed by atoms with Gasteiger partial charge in [-0.3, -0.25) is 9.59 Å². The molecule has 0 spiro atoms. The quantitative estimate of drug-likeness (QED) is 0.441. The lowest BCUT2D eigenvalue weighted by Crippen LogP contribution is -2.44. The van der Waals surface area contributed by atoms with E-state index in [1.807, 2.05) is 62.4 Å². The number of carbonyl (C=O) groups excluding carboxylic acids is 2. The summed E-state index contributed by atoms with van der Waals surface area (Å²) < 4.78 is 0. The standard InChI is InChI=1S/C30H37N5O2/c1-21-10-11-27(35-16-14-34(3)15-17-35)20-28(21)30(37)33-22(2)23-6-4-7-24(18-23)25-8-5-9-26(19-25)29(36)32-13-12-31/h4-11,18-20,22H,12-17,31H2,1-3H3,(H,32,36)(H,33,37)/t22-/m1/s1. The van der Waals surface area contributed by atoms with Crippen molar-refractivity contribution in [2.45, 2.75) is 19.9 Å². The van der Waals surface area contributed by atoms with Crippen LogP contribution in [0.1, 0.15) is 44.8 Å². The molecule has 3 aromatic rings. The van der Waals surface area contributed by atoms with Gasteiger partial charge in [0.25, 0.3) is 11.8 Å². The maximum atomic E-state index is 13.3. The predicted molar refractivity (Wildman–Crippen MR) is 150 cm³/mol. The van der Waals surface area contributed by atoms with Crippen molar-refractivity contribution in [2.75, 3.05) is 51.2 Å². The zero-order valence-electron chi connectivity index (χ0n) is 22.0. The van der Waals surface area contributed by atoms with E-state index < -0.39 is 0 Å². The van der Waals surface area contributed by atoms with E-state index in [1.54, 1.807) is 6.07 Å². The van der Waals surface area contributed by atoms with Gasteiger partial charge in [0.1, 0.15) is 0 Å². The van der Waals surface area contributed by atoms with Gasteiger partial charge in [-0.15, -0.1) is 0 Å². The second-order valence-corrected chi connectivity index (χ2v) is 9.74. The molecule has 0 radical (unpaired) electrons. The summed E-state index contributed by atoms with van der Waals surface area (Å²) in [6.45, 7) is 8.76. The first-order chi connectivity index (χ1) is 17.9. The molecule has 1 aliphatic rings. The zero-order chi connectivity index (χ0) is 26.4. The average Bonchev–Trinajstić information content (AvgIpc) is 2.92. The summed E-state index contributed by atoms with van der Waals surface area (Å²) in [6, 6.07) is 21.6. The normalized spacial score (nSPS) is 14.8. The Labute approximate surface area is 219 Å². The molecule has 3 aromatic carbocycles. The first-order valence-electron chi connectivity index (χ1n) is 12.9. The van der Waals surface area contributed by atoms with Crippen LogP contribution in [0.25, 0.3) is 11.1 Å². The second kappa shape index (κ2) is 12.0. The number of nitrogens with one attached hydrogen (secondary N) is 2. The lowest BCUT2D eigenvalue weighted by atomic mass is 9.98. The van der Waals surface area contributed by atoms with E-state index in [2.05, 4.69) is 39.6 Å². The summed E-state index contributed by atoms with van der Waals surface area (Å²) in [4.78, 5) is 30.3. The Bertz CT molecular complexity index is 1250. The van der Waals surface area contributed by atoms with E-state index >= 15 is 0 Å². The summed E-state index contributed by atoms with van der Waals surface area (Å²) in [6.07, 6.45) is 0. The molecular formula is C30H37N5O2. The molecule has 1 saturated heterocycles. The Morgan fingerprint density at radius 2 is 1.62 bits per heavy atom. The summed E-state index contributed by atoms with van der Waals surface area (Å²) in [5.74, 6) is -0.219. The van der Waals surface area contributed by atoms with Crippen LogP contribution in [0.2, 0.25) is 0 Å². The molecule has 1 aliphatic heterocycles. The number of anilines is 1. The third kappa shape index (κ3) is 6.56. The van der Waals surface area contributed by atoms with Gasteiger partial charge in [0.15, 0.2) is 0 Å². The van der Waals surface area contributed by atoms with Gasteiger partial charge in [-0.2, -0.15) is 0 Å². The van der Waals surface area contributed by atoms with Gasteiger partial charge in [0.2, 0.25) is 0 Å². The molecule has 0 saturated carbocycles. The van der Waals surface area contributed by atoms with Crippen molar-refractivity contribution in [1.29, 1.82) is 0 Å². The third-order valence-corrected chi connectivity index (χ3v) is 6.96. The Balaban J connectivity index is 1.48. The molecule has 7 heteroatoms. The number of amides is 2. The van der Waals surface area contributed by atoms with Crippen LogP contribution < -0.4 is 21.3 Å². The molecule has 7 nitrogen and oxygen atoms in total. The fourth-order valence-corrected chi connectivity index (χ4v) is 4.59. The van der Waals surface area contributed by atoms with Crippen LogP contribution in [0.3, 0.4) is 0 Å². The van der Waals surface area contributed by atoms with Crippen molar-refractivity contribution in [3.05, 3.63) is 89.0 Å². The fourth-order valence-electron chi connectivity index (χ4n) is 4.59. The number of nitrogens with two attached hydrogens (primary N) is 1. The molecular weight excluding hydrogens is 462 g/mol. The molecule has 2 amide bonds. The second-order valence-electron chi connectivity index (χ2n) is 9.74. The highest BCUT2D eigenvalue weighted by atomic mass is 16.2. The number of aryl methyl sites for hydroxylation is 1. The number of hydrogen-bond donors (Lipinski definition) is 3. The van der Waals surface area contributed by atoms with Gasteiger partial charge in [0.05, 0.1) is 6.04 Å². The highest BCUT2D eigenvalue weighted by Crippen LogP contribution is 2.26. The van der Waals surface area contributed by atoms with Crippen molar-refractivity contribution in [1.82, 2.24) is 15.5 Å². The zero-order valence-corrected chi connectivity index (χ0v) is 22.0. The Morgan fingerprint density at radius 1 is 0.919 bits per heavy atom. The predicted octanol–water partition coefficient (Wildman–Crippen LogP) is 3.59. The smallest absolute Gasteiger partial charge is 0.252 e. The van der Waals surface area contributed by atoms with Crippen LogP contribution in [-0.4, -0.2) is 63.0 Å². The number of hydrogen-bond acceptors (Lipinski definition) is 5. The maximum absolute atomic E-state index is 13.3. The van der Waals surface area contributed by atoms with Gasteiger partial charge in [-0.25, -0.2) is 0 Å². The minimum absolute atomic E-state index is 0.0787. The number of carbonyl (C=O) groups is 2. The van der Waals surface area contributed by atoms with Gasteiger partial charge >= 0.3 is 0 Å². The van der Waals surface area contributed by atoms with E-state index in [-0.39, 0.29) is 17.9 Å². The average molecular weight is 500 g/mol. The molecule has 1 heterocycles. The molecule has 0 aliphatic carbocycles. The number of rotatable bonds is 8. The number of nitrogens with zero attached hydrogens (tertiary/aromatic N) is 2. The van der Waals surface area contributed by atoms with Gasteiger partial charge in [-0.05, 0) is 73.5 Å². The third-order valence-electron chi connectivity index (χ3n) is 6.96. The highest BCUT2D eigenvalue weighted by molar-refractivity contribution is 5.97. The van der Waals surface area contributed by atoms with Crippen molar-refractivity contribution in [3.8, 4) is 11.1 Å². The molecule has 194 valence electrons. The Kier molecular flexibility index (Phi) is 8.58. The monoisotopic (exact) mass is 499 g/mol. The molecule has 4 rings (SSSR count). The first kappa shape index (κ1) is 26.4. The van der Waals surface area contributed by atoms with E-state index in [0.717, 1.165) is 54.1 Å². The van der Waals surface area contributed by atoms with Crippen molar-refractivity contribution < 1.29 is 9.59 Å². The molecule has 0 bridgehead atoms. The summed E-state index contributed by atoms with van der Waals surface area (Å²) in [5, 5.41) is 5.99. The number of benzene rings is 3. The van der Waals surface area contributed by atoms with E-state index in [0.29, 0.717) is 24.2 Å². The van der Waals surface area contributed by atoms with Crippen LogP contribution in [0, 0.1) is 6.92 Å². The summed E-state index contributed by atoms with van der Waals surface area (Å²) >= 11 is 0. The molecule has 37 heavy (non-hydrogen) atoms. The Morgan fingerprint density at radius 3 is 2.35 bits per heavy atom. The van der Waals surface area contributed by atoms with Crippen molar-refractivity contribution >= 4 is 17.5 Å². The molecule has 1 fully saturated rings. The molecule has 0 unspecified atom stereocenters. The van der Waals surface area contributed by atoms with Gasteiger partial charge in [0, 0.05) is 56.1 Å². The van der Waals surface area contributed by atoms with Gasteiger partial charge < -0.3 is 26.2 Å². The van der Waals surface area contributed by atoms with Crippen LogP contribution in [-0.2, 0) is 0 Å². The molecule has 1 atom stereocenters. The highest BCUT2D eigenvalue weighted by Gasteiger charge is 2.19. The maximum Gasteiger partial charge on any atom is 0.252 e. The number of likely N-dealkylation sites (N-methyl/N-ethyl adjacent to an activating group) is 1. The lowest BCUT2D eigenvalue weighted by Gasteiger charge is -2.34. The van der Waals surface area contributed by atoms with Crippen LogP contribution >= 0.6 is 0 Å². The SMILES string of the molecule is Cc1ccc(N2CCN(C)CC2)cc1C(=O)N[C@H](C)c1cccc(-c2cccc(C(=O)NCCN)c2)c1. The molecule has 0 aromatic heterocycles. The minimum Gasteiger partial charge on any atom is -0.369 e. The van der Waals surface area contributed by atoms with Crippen LogP contribution in [0.4, 0.5) is 5.69 Å². The number of piperazine rings is 1. The van der Waals surface area contributed by atoms with Crippen LogP contribution in [0.15, 0.2) is 66.7 Å². The summed E-state index contributed by atoms with van der Waals surface area (Å²) in [5.41, 5.74) is 11.8. The topological polar surface area (TPSA) is 90.7 Å². The largest absolute Gasteiger partial charge is 0.369 e. The summed E-state index contributed by atoms with van der Waals surface area (Å²) in [7, 11) is 2.14. The van der Waals surface area contributed by atoms with Crippen molar-refractivity contribution in [2.24, 2.45) is 5.73 Å².